The molecule has 3 heterocycles. The summed E-state index contributed by atoms with van der Waals surface area (Å²) in [6.07, 6.45) is 4.37. The maximum atomic E-state index is 13.4. The Morgan fingerprint density at radius 1 is 1.06 bits per heavy atom. The van der Waals surface area contributed by atoms with Crippen LogP contribution in [0.5, 0.6) is 0 Å². The van der Waals surface area contributed by atoms with Gasteiger partial charge in [0.25, 0.3) is 5.91 Å². The van der Waals surface area contributed by atoms with E-state index in [1.165, 1.54) is 15.2 Å². The average molecular weight is 459 g/mol. The van der Waals surface area contributed by atoms with Gasteiger partial charge in [0.15, 0.2) is 0 Å². The van der Waals surface area contributed by atoms with Crippen molar-refractivity contribution >= 4 is 27.3 Å². The van der Waals surface area contributed by atoms with E-state index in [9.17, 15) is 13.2 Å². The van der Waals surface area contributed by atoms with E-state index in [1.807, 2.05) is 25.1 Å². The number of sulfonamides is 1. The smallest absolute Gasteiger partial charge is 0.254 e. The van der Waals surface area contributed by atoms with Crippen molar-refractivity contribution in [1.82, 2.24) is 9.21 Å². The third-order valence-electron chi connectivity index (χ3n) is 5.39. The van der Waals surface area contributed by atoms with Gasteiger partial charge >= 0.3 is 0 Å². The largest absolute Gasteiger partial charge is 0.467 e. The summed E-state index contributed by atoms with van der Waals surface area (Å²) in [5.74, 6) is 0.455. The molecule has 0 N–H and O–H groups in total. The van der Waals surface area contributed by atoms with Crippen LogP contribution in [0.25, 0.3) is 0 Å². The second kappa shape index (κ2) is 9.38. The SMILES string of the molecule is Cc1ccc(CN(Cc2ccco2)C(=O)c2cccc(S(=O)(=O)N3CCCCC3)c2)s1. The molecule has 0 spiro atoms. The van der Waals surface area contributed by atoms with Gasteiger partial charge in [-0.25, -0.2) is 8.42 Å². The van der Waals surface area contributed by atoms with Crippen LogP contribution in [-0.4, -0.2) is 36.6 Å². The topological polar surface area (TPSA) is 70.8 Å². The first-order valence-corrected chi connectivity index (χ1v) is 12.7. The number of amides is 1. The average Bonchev–Trinajstić information content (AvgIpc) is 3.45. The number of piperidine rings is 1. The van der Waals surface area contributed by atoms with Crippen molar-refractivity contribution in [3.63, 3.8) is 0 Å². The van der Waals surface area contributed by atoms with E-state index in [-0.39, 0.29) is 10.8 Å². The van der Waals surface area contributed by atoms with Crippen LogP contribution < -0.4 is 0 Å². The minimum absolute atomic E-state index is 0.171. The van der Waals surface area contributed by atoms with Gasteiger partial charge in [-0.2, -0.15) is 4.31 Å². The normalized spacial score (nSPS) is 15.1. The van der Waals surface area contributed by atoms with Crippen LogP contribution in [0.4, 0.5) is 0 Å². The number of thiophene rings is 1. The number of aryl methyl sites for hydroxylation is 1. The number of benzene rings is 1. The van der Waals surface area contributed by atoms with E-state index < -0.39 is 10.0 Å². The molecule has 0 radical (unpaired) electrons. The van der Waals surface area contributed by atoms with Gasteiger partial charge in [0.05, 0.1) is 24.2 Å². The molecular weight excluding hydrogens is 432 g/mol. The maximum absolute atomic E-state index is 13.4. The molecule has 0 unspecified atom stereocenters. The number of carbonyl (C=O) groups is 1. The minimum Gasteiger partial charge on any atom is -0.467 e. The van der Waals surface area contributed by atoms with Crippen LogP contribution >= 0.6 is 11.3 Å². The molecule has 3 aromatic rings. The maximum Gasteiger partial charge on any atom is 0.254 e. The van der Waals surface area contributed by atoms with Gasteiger partial charge < -0.3 is 9.32 Å². The molecule has 8 heteroatoms. The number of nitrogens with zero attached hydrogens (tertiary/aromatic N) is 2. The van der Waals surface area contributed by atoms with Gasteiger partial charge in [-0.15, -0.1) is 11.3 Å². The predicted octanol–water partition coefficient (Wildman–Crippen LogP) is 4.67. The molecule has 2 aromatic heterocycles. The summed E-state index contributed by atoms with van der Waals surface area (Å²) in [6, 6.07) is 14.1. The third-order valence-corrected chi connectivity index (χ3v) is 8.27. The van der Waals surface area contributed by atoms with Gasteiger partial charge in [-0.05, 0) is 62.2 Å². The number of furan rings is 1. The highest BCUT2D eigenvalue weighted by molar-refractivity contribution is 7.89. The Balaban J connectivity index is 1.61. The molecule has 0 saturated carbocycles. The second-order valence-corrected chi connectivity index (χ2v) is 11.1. The minimum atomic E-state index is -3.60. The number of hydrogen-bond acceptors (Lipinski definition) is 5. The fourth-order valence-electron chi connectivity index (χ4n) is 3.77. The van der Waals surface area contributed by atoms with E-state index in [1.54, 1.807) is 46.8 Å². The van der Waals surface area contributed by atoms with Gasteiger partial charge in [0.1, 0.15) is 5.76 Å². The summed E-state index contributed by atoms with van der Waals surface area (Å²) < 4.78 is 33.1. The second-order valence-electron chi connectivity index (χ2n) is 7.75. The molecule has 0 bridgehead atoms. The highest BCUT2D eigenvalue weighted by atomic mass is 32.2. The lowest BCUT2D eigenvalue weighted by Gasteiger charge is -2.26. The van der Waals surface area contributed by atoms with Crippen LogP contribution in [0.3, 0.4) is 0 Å². The van der Waals surface area contributed by atoms with Gasteiger partial charge in [0, 0.05) is 28.4 Å². The summed E-state index contributed by atoms with van der Waals surface area (Å²) in [7, 11) is -3.60. The molecule has 1 aliphatic rings. The first-order chi connectivity index (χ1) is 14.9. The molecule has 1 aromatic carbocycles. The van der Waals surface area contributed by atoms with Crippen molar-refractivity contribution in [2.75, 3.05) is 13.1 Å². The van der Waals surface area contributed by atoms with E-state index in [0.717, 1.165) is 24.1 Å². The van der Waals surface area contributed by atoms with Crippen LogP contribution in [0.1, 0.15) is 45.1 Å². The quantitative estimate of drug-likeness (QED) is 0.516. The molecule has 164 valence electrons. The third kappa shape index (κ3) is 5.08. The number of carbonyl (C=O) groups excluding carboxylic acids is 1. The van der Waals surface area contributed by atoms with Crippen molar-refractivity contribution < 1.29 is 17.6 Å². The molecule has 1 amide bonds. The Labute approximate surface area is 187 Å². The van der Waals surface area contributed by atoms with E-state index in [4.69, 9.17) is 4.42 Å². The predicted molar refractivity (Wildman–Crippen MR) is 120 cm³/mol. The standard InChI is InChI=1S/C23H26N2O4S2/c1-18-10-11-21(30-18)17-24(16-20-8-6-14-29-20)23(26)19-7-5-9-22(15-19)31(27,28)25-12-3-2-4-13-25/h5-11,14-15H,2-4,12-13,16-17H2,1H3. The summed E-state index contributed by atoms with van der Waals surface area (Å²) in [6.45, 7) is 3.83. The van der Waals surface area contributed by atoms with Crippen molar-refractivity contribution in [3.05, 3.63) is 75.9 Å². The van der Waals surface area contributed by atoms with Crippen LogP contribution in [-0.2, 0) is 23.1 Å². The molecule has 6 nitrogen and oxygen atoms in total. The Morgan fingerprint density at radius 3 is 2.55 bits per heavy atom. The summed E-state index contributed by atoms with van der Waals surface area (Å²) >= 11 is 1.64. The Kier molecular flexibility index (Phi) is 6.60. The van der Waals surface area contributed by atoms with Crippen LogP contribution in [0.15, 0.2) is 64.1 Å². The van der Waals surface area contributed by atoms with Crippen LogP contribution in [0.2, 0.25) is 0 Å². The molecule has 1 aliphatic heterocycles. The number of rotatable bonds is 7. The van der Waals surface area contributed by atoms with Gasteiger partial charge in [-0.1, -0.05) is 12.5 Å². The van der Waals surface area contributed by atoms with Crippen molar-refractivity contribution in [1.29, 1.82) is 0 Å². The monoisotopic (exact) mass is 458 g/mol. The van der Waals surface area contributed by atoms with E-state index >= 15 is 0 Å². The lowest BCUT2D eigenvalue weighted by molar-refractivity contribution is 0.0719. The zero-order chi connectivity index (χ0) is 21.8. The fourth-order valence-corrected chi connectivity index (χ4v) is 6.24. The van der Waals surface area contributed by atoms with Crippen LogP contribution in [0, 0.1) is 6.92 Å². The summed E-state index contributed by atoms with van der Waals surface area (Å²) in [5, 5.41) is 0. The van der Waals surface area contributed by atoms with Crippen molar-refractivity contribution in [2.24, 2.45) is 0 Å². The van der Waals surface area contributed by atoms with Crippen molar-refractivity contribution in [3.8, 4) is 0 Å². The first kappa shape index (κ1) is 21.8. The lowest BCUT2D eigenvalue weighted by Crippen LogP contribution is -2.35. The van der Waals surface area contributed by atoms with E-state index in [0.29, 0.717) is 37.5 Å². The molecule has 31 heavy (non-hydrogen) atoms. The Morgan fingerprint density at radius 2 is 1.87 bits per heavy atom. The van der Waals surface area contributed by atoms with Crippen molar-refractivity contribution in [2.45, 2.75) is 44.2 Å². The first-order valence-electron chi connectivity index (χ1n) is 10.4. The molecule has 0 atom stereocenters. The molecule has 4 rings (SSSR count). The summed E-state index contributed by atoms with van der Waals surface area (Å²) in [4.78, 5) is 17.5. The lowest BCUT2D eigenvalue weighted by atomic mass is 10.2. The fraction of sp³-hybridized carbons (Fsp3) is 0.348. The Hall–Kier alpha value is -2.42. The number of hydrogen-bond donors (Lipinski definition) is 0. The van der Waals surface area contributed by atoms with Gasteiger partial charge in [-0.3, -0.25) is 4.79 Å². The molecule has 1 saturated heterocycles. The molecule has 0 aliphatic carbocycles. The highest BCUT2D eigenvalue weighted by Crippen LogP contribution is 2.24. The van der Waals surface area contributed by atoms with E-state index in [2.05, 4.69) is 0 Å². The van der Waals surface area contributed by atoms with Gasteiger partial charge in [0.2, 0.25) is 10.0 Å². The molecule has 1 fully saturated rings. The molecular formula is C23H26N2O4S2. The Bertz CT molecular complexity index is 1130. The summed E-state index contributed by atoms with van der Waals surface area (Å²) in [5.41, 5.74) is 0.359. The zero-order valence-electron chi connectivity index (χ0n) is 17.5. The highest BCUT2D eigenvalue weighted by Gasteiger charge is 2.27. The zero-order valence-corrected chi connectivity index (χ0v) is 19.1.